The minimum Gasteiger partial charge on any atom is -0.447 e. The van der Waals surface area contributed by atoms with Gasteiger partial charge >= 0.3 is 6.09 Å². The topological polar surface area (TPSA) is 55.6 Å². The first-order chi connectivity index (χ1) is 7.58. The van der Waals surface area contributed by atoms with Crippen LogP contribution in [0.15, 0.2) is 24.3 Å². The van der Waals surface area contributed by atoms with Gasteiger partial charge in [-0.2, -0.15) is 0 Å². The number of nitrogens with two attached hydrogens (primary N) is 1. The Morgan fingerprint density at radius 1 is 1.50 bits per heavy atom. The molecule has 86 valence electrons. The normalized spacial score (nSPS) is 24.7. The van der Waals surface area contributed by atoms with Crippen LogP contribution >= 0.6 is 0 Å². The van der Waals surface area contributed by atoms with Crippen LogP contribution in [0.1, 0.15) is 12.5 Å². The third-order valence-corrected chi connectivity index (χ3v) is 3.03. The summed E-state index contributed by atoms with van der Waals surface area (Å²) in [6.45, 7) is 4.63. The van der Waals surface area contributed by atoms with Crippen LogP contribution in [0.3, 0.4) is 0 Å². The highest BCUT2D eigenvalue weighted by atomic mass is 16.6. The van der Waals surface area contributed by atoms with Crippen LogP contribution in [0.2, 0.25) is 0 Å². The van der Waals surface area contributed by atoms with Crippen LogP contribution in [0.25, 0.3) is 0 Å². The average molecular weight is 220 g/mol. The van der Waals surface area contributed by atoms with Gasteiger partial charge in [-0.1, -0.05) is 18.2 Å². The summed E-state index contributed by atoms with van der Waals surface area (Å²) in [5, 5.41) is 0. The zero-order chi connectivity index (χ0) is 11.8. The molecule has 1 aliphatic rings. The second-order valence-electron chi connectivity index (χ2n) is 4.38. The molecule has 2 N–H and O–H groups in total. The molecule has 4 heteroatoms. The summed E-state index contributed by atoms with van der Waals surface area (Å²) in [4.78, 5) is 13.4. The molecular formula is C12H16N2O2. The number of amides is 1. The summed E-state index contributed by atoms with van der Waals surface area (Å²) in [6.07, 6.45) is -0.317. The van der Waals surface area contributed by atoms with Gasteiger partial charge < -0.3 is 10.5 Å². The number of aryl methyl sites for hydroxylation is 1. The molecule has 4 nitrogen and oxygen atoms in total. The van der Waals surface area contributed by atoms with Crippen molar-refractivity contribution in [3.8, 4) is 0 Å². The molecule has 1 amide bonds. The maximum atomic E-state index is 11.7. The highest BCUT2D eigenvalue weighted by Crippen LogP contribution is 2.32. The van der Waals surface area contributed by atoms with E-state index in [0.29, 0.717) is 13.2 Å². The number of hydrogen-bond acceptors (Lipinski definition) is 3. The maximum absolute atomic E-state index is 11.7. The van der Waals surface area contributed by atoms with E-state index in [-0.39, 0.29) is 6.09 Å². The number of cyclic esters (lactones) is 1. The first-order valence-electron chi connectivity index (χ1n) is 5.31. The lowest BCUT2D eigenvalue weighted by atomic mass is 10.0. The molecule has 1 aromatic rings. The highest BCUT2D eigenvalue weighted by Gasteiger charge is 2.44. The van der Waals surface area contributed by atoms with Gasteiger partial charge in [0.1, 0.15) is 6.61 Å². The minimum absolute atomic E-state index is 0.317. The Kier molecular flexibility index (Phi) is 2.59. The van der Waals surface area contributed by atoms with Gasteiger partial charge in [-0.15, -0.1) is 0 Å². The number of carbonyl (C=O) groups excluding carboxylic acids is 1. The SMILES string of the molecule is Cc1ccccc1N1C(=O)OCC1(C)CN. The van der Waals surface area contributed by atoms with E-state index in [1.807, 2.05) is 38.1 Å². The standard InChI is InChI=1S/C12H16N2O2/c1-9-5-3-4-6-10(9)14-11(15)16-8-12(14,2)7-13/h3-6H,7-8,13H2,1-2H3. The summed E-state index contributed by atoms with van der Waals surface area (Å²) >= 11 is 0. The molecule has 0 spiro atoms. The average Bonchev–Trinajstić information content (AvgIpc) is 2.57. The molecule has 0 aliphatic carbocycles. The van der Waals surface area contributed by atoms with Gasteiger partial charge in [0.05, 0.1) is 11.2 Å². The lowest BCUT2D eigenvalue weighted by Crippen LogP contribution is -2.50. The Morgan fingerprint density at radius 3 is 2.81 bits per heavy atom. The number of ether oxygens (including phenoxy) is 1. The number of benzene rings is 1. The molecule has 2 rings (SSSR count). The van der Waals surface area contributed by atoms with Crippen LogP contribution in [0, 0.1) is 6.92 Å². The number of nitrogens with zero attached hydrogens (tertiary/aromatic N) is 1. The van der Waals surface area contributed by atoms with Gasteiger partial charge in [-0.25, -0.2) is 4.79 Å². The lowest BCUT2D eigenvalue weighted by Gasteiger charge is -2.31. The largest absolute Gasteiger partial charge is 0.447 e. The van der Waals surface area contributed by atoms with Crippen LogP contribution in [-0.4, -0.2) is 24.8 Å². The molecule has 1 atom stereocenters. The summed E-state index contributed by atoms with van der Waals surface area (Å²) in [6, 6.07) is 7.73. The number of anilines is 1. The number of carbonyl (C=O) groups is 1. The highest BCUT2D eigenvalue weighted by molar-refractivity contribution is 5.92. The van der Waals surface area contributed by atoms with Crippen molar-refractivity contribution in [2.75, 3.05) is 18.1 Å². The van der Waals surface area contributed by atoms with Gasteiger partial charge in [0.25, 0.3) is 0 Å². The van der Waals surface area contributed by atoms with E-state index in [4.69, 9.17) is 10.5 Å². The molecule has 1 aromatic carbocycles. The van der Waals surface area contributed by atoms with Gasteiger partial charge in [0.2, 0.25) is 0 Å². The second-order valence-corrected chi connectivity index (χ2v) is 4.38. The fourth-order valence-electron chi connectivity index (χ4n) is 1.92. The van der Waals surface area contributed by atoms with E-state index in [1.165, 1.54) is 0 Å². The Hall–Kier alpha value is -1.55. The van der Waals surface area contributed by atoms with Gasteiger partial charge in [-0.05, 0) is 25.5 Å². The van der Waals surface area contributed by atoms with Crippen molar-refractivity contribution in [1.29, 1.82) is 0 Å². The minimum atomic E-state index is -0.441. The predicted octanol–water partition coefficient (Wildman–Crippen LogP) is 1.67. The third kappa shape index (κ3) is 1.55. The van der Waals surface area contributed by atoms with Gasteiger partial charge in [0.15, 0.2) is 0 Å². The monoisotopic (exact) mass is 220 g/mol. The quantitative estimate of drug-likeness (QED) is 0.824. The fourth-order valence-corrected chi connectivity index (χ4v) is 1.92. The van der Waals surface area contributed by atoms with Crippen molar-refractivity contribution in [3.63, 3.8) is 0 Å². The number of para-hydroxylation sites is 1. The van der Waals surface area contributed by atoms with Crippen molar-refractivity contribution in [3.05, 3.63) is 29.8 Å². The maximum Gasteiger partial charge on any atom is 0.415 e. The molecule has 1 aliphatic heterocycles. The van der Waals surface area contributed by atoms with E-state index >= 15 is 0 Å². The smallest absolute Gasteiger partial charge is 0.415 e. The Bertz CT molecular complexity index is 419. The van der Waals surface area contributed by atoms with E-state index < -0.39 is 5.54 Å². The van der Waals surface area contributed by atoms with Crippen molar-refractivity contribution in [2.24, 2.45) is 5.73 Å². The van der Waals surface area contributed by atoms with Crippen LogP contribution in [-0.2, 0) is 4.74 Å². The van der Waals surface area contributed by atoms with Crippen molar-refractivity contribution in [1.82, 2.24) is 0 Å². The number of hydrogen-bond donors (Lipinski definition) is 1. The lowest BCUT2D eigenvalue weighted by molar-refractivity contribution is 0.174. The van der Waals surface area contributed by atoms with E-state index in [9.17, 15) is 4.79 Å². The summed E-state index contributed by atoms with van der Waals surface area (Å²) < 4.78 is 5.09. The fraction of sp³-hybridized carbons (Fsp3) is 0.417. The predicted molar refractivity (Wildman–Crippen MR) is 62.5 cm³/mol. The molecule has 1 heterocycles. The summed E-state index contributed by atoms with van der Waals surface area (Å²) in [5.74, 6) is 0. The Morgan fingerprint density at radius 2 is 2.19 bits per heavy atom. The Balaban J connectivity index is 2.46. The molecule has 0 radical (unpaired) electrons. The second kappa shape index (κ2) is 3.79. The summed E-state index contributed by atoms with van der Waals surface area (Å²) in [7, 11) is 0. The molecule has 1 unspecified atom stereocenters. The van der Waals surface area contributed by atoms with Gasteiger partial charge in [0, 0.05) is 6.54 Å². The molecule has 0 saturated carbocycles. The molecule has 1 saturated heterocycles. The van der Waals surface area contributed by atoms with Crippen molar-refractivity contribution >= 4 is 11.8 Å². The van der Waals surface area contributed by atoms with Crippen LogP contribution < -0.4 is 10.6 Å². The van der Waals surface area contributed by atoms with Crippen molar-refractivity contribution < 1.29 is 9.53 Å². The summed E-state index contributed by atoms with van der Waals surface area (Å²) in [5.41, 5.74) is 7.21. The van der Waals surface area contributed by atoms with Crippen LogP contribution in [0.4, 0.5) is 10.5 Å². The molecular weight excluding hydrogens is 204 g/mol. The molecule has 16 heavy (non-hydrogen) atoms. The zero-order valence-corrected chi connectivity index (χ0v) is 9.56. The first kappa shape index (κ1) is 11.0. The molecule has 0 bridgehead atoms. The molecule has 0 aromatic heterocycles. The van der Waals surface area contributed by atoms with E-state index in [2.05, 4.69) is 0 Å². The third-order valence-electron chi connectivity index (χ3n) is 3.03. The van der Waals surface area contributed by atoms with Crippen LogP contribution in [0.5, 0.6) is 0 Å². The number of rotatable bonds is 2. The van der Waals surface area contributed by atoms with Gasteiger partial charge in [-0.3, -0.25) is 4.90 Å². The first-order valence-corrected chi connectivity index (χ1v) is 5.31. The van der Waals surface area contributed by atoms with Crippen molar-refractivity contribution in [2.45, 2.75) is 19.4 Å². The zero-order valence-electron chi connectivity index (χ0n) is 9.56. The molecule has 1 fully saturated rings. The van der Waals surface area contributed by atoms with E-state index in [1.54, 1.807) is 4.90 Å². The van der Waals surface area contributed by atoms with E-state index in [0.717, 1.165) is 11.3 Å². The Labute approximate surface area is 95.0 Å².